The van der Waals surface area contributed by atoms with Gasteiger partial charge >= 0.3 is 0 Å². The number of benzene rings is 3. The van der Waals surface area contributed by atoms with Gasteiger partial charge < -0.3 is 19.1 Å². The number of carbonyl (C=O) groups excluding carboxylic acids is 1. The van der Waals surface area contributed by atoms with E-state index in [1.807, 2.05) is 24.1 Å². The molecular formula is C30H31NO4. The van der Waals surface area contributed by atoms with E-state index in [9.17, 15) is 4.79 Å². The number of ether oxygens (including phenoxy) is 3. The summed E-state index contributed by atoms with van der Waals surface area (Å²) in [5.74, 6) is 1.49. The van der Waals surface area contributed by atoms with E-state index in [0.29, 0.717) is 11.5 Å². The van der Waals surface area contributed by atoms with Crippen LogP contribution in [0.3, 0.4) is 0 Å². The molecule has 0 spiro atoms. The van der Waals surface area contributed by atoms with Crippen LogP contribution in [0.2, 0.25) is 0 Å². The Bertz CT molecular complexity index is 1270. The molecular weight excluding hydrogens is 438 g/mol. The molecule has 180 valence electrons. The number of hydrogen-bond donors (Lipinski definition) is 0. The monoisotopic (exact) mass is 469 g/mol. The van der Waals surface area contributed by atoms with Gasteiger partial charge in [0.15, 0.2) is 11.5 Å². The van der Waals surface area contributed by atoms with Gasteiger partial charge in [-0.3, -0.25) is 4.79 Å². The minimum absolute atomic E-state index is 0.0630. The summed E-state index contributed by atoms with van der Waals surface area (Å²) in [6.07, 6.45) is -0.181. The van der Waals surface area contributed by atoms with Crippen LogP contribution in [0, 0.1) is 11.8 Å². The highest BCUT2D eigenvalue weighted by molar-refractivity contribution is 5.88. The normalized spacial score (nSPS) is 28.8. The molecule has 35 heavy (non-hydrogen) atoms. The summed E-state index contributed by atoms with van der Waals surface area (Å²) in [5.41, 5.74) is 5.59. The number of rotatable bonds is 5. The smallest absolute Gasteiger partial charge is 0.227 e. The maximum Gasteiger partial charge on any atom is 0.227 e. The van der Waals surface area contributed by atoms with Crippen LogP contribution in [-0.2, 0) is 14.9 Å². The summed E-state index contributed by atoms with van der Waals surface area (Å²) in [5, 5.41) is 0. The molecule has 4 aliphatic rings. The van der Waals surface area contributed by atoms with Gasteiger partial charge in [0.1, 0.15) is 0 Å². The number of nitrogens with zero attached hydrogens (tertiary/aromatic N) is 1. The third kappa shape index (κ3) is 2.65. The molecule has 3 aromatic carbocycles. The molecule has 5 heteroatoms. The molecule has 3 aliphatic carbocycles. The molecule has 1 heterocycles. The first-order valence-electron chi connectivity index (χ1n) is 12.2. The molecule has 3 aromatic rings. The van der Waals surface area contributed by atoms with Gasteiger partial charge in [-0.25, -0.2) is 0 Å². The molecule has 1 fully saturated rings. The quantitative estimate of drug-likeness (QED) is 0.532. The molecule has 0 saturated carbocycles. The van der Waals surface area contributed by atoms with E-state index in [-0.39, 0.29) is 35.8 Å². The lowest BCUT2D eigenvalue weighted by molar-refractivity contribution is -0.135. The van der Waals surface area contributed by atoms with Crippen molar-refractivity contribution in [3.05, 3.63) is 94.5 Å². The summed E-state index contributed by atoms with van der Waals surface area (Å²) in [6, 6.07) is 23.3. The van der Waals surface area contributed by atoms with Gasteiger partial charge in [-0.2, -0.15) is 0 Å². The first-order chi connectivity index (χ1) is 17.0. The summed E-state index contributed by atoms with van der Waals surface area (Å²) >= 11 is 0. The van der Waals surface area contributed by atoms with Crippen molar-refractivity contribution in [3.63, 3.8) is 0 Å². The number of hydrogen-bond acceptors (Lipinski definition) is 4. The second-order valence-corrected chi connectivity index (χ2v) is 9.96. The minimum Gasteiger partial charge on any atom is -0.493 e. The van der Waals surface area contributed by atoms with E-state index >= 15 is 0 Å². The van der Waals surface area contributed by atoms with Crippen LogP contribution in [0.5, 0.6) is 11.5 Å². The number of likely N-dealkylation sites (tertiary alicyclic amines) is 1. The van der Waals surface area contributed by atoms with Crippen LogP contribution < -0.4 is 9.47 Å². The van der Waals surface area contributed by atoms with Gasteiger partial charge in [0.2, 0.25) is 5.91 Å². The van der Waals surface area contributed by atoms with Crippen LogP contribution in [0.25, 0.3) is 0 Å². The van der Waals surface area contributed by atoms with Gasteiger partial charge in [-0.15, -0.1) is 0 Å². The molecule has 1 aliphatic heterocycles. The third-order valence-corrected chi connectivity index (χ3v) is 8.88. The zero-order valence-corrected chi connectivity index (χ0v) is 20.8. The Morgan fingerprint density at radius 3 is 2.03 bits per heavy atom. The summed E-state index contributed by atoms with van der Waals surface area (Å²) in [6.45, 7) is 2.12. The molecule has 4 atom stereocenters. The summed E-state index contributed by atoms with van der Waals surface area (Å²) < 4.78 is 17.2. The van der Waals surface area contributed by atoms with Crippen LogP contribution >= 0.6 is 0 Å². The van der Waals surface area contributed by atoms with Gasteiger partial charge in [-0.05, 0) is 46.9 Å². The first kappa shape index (κ1) is 22.2. The molecule has 2 bridgehead atoms. The molecule has 0 aromatic heterocycles. The van der Waals surface area contributed by atoms with E-state index in [4.69, 9.17) is 14.2 Å². The molecule has 1 saturated heterocycles. The molecule has 7 rings (SSSR count). The van der Waals surface area contributed by atoms with E-state index < -0.39 is 5.41 Å². The van der Waals surface area contributed by atoms with E-state index in [1.165, 1.54) is 22.3 Å². The van der Waals surface area contributed by atoms with Crippen molar-refractivity contribution in [1.82, 2.24) is 4.90 Å². The second-order valence-electron chi connectivity index (χ2n) is 9.96. The molecule has 5 nitrogen and oxygen atoms in total. The summed E-state index contributed by atoms with van der Waals surface area (Å²) in [7, 11) is 7.00. The van der Waals surface area contributed by atoms with Crippen LogP contribution in [0.4, 0.5) is 0 Å². The highest BCUT2D eigenvalue weighted by Crippen LogP contribution is 2.68. The Morgan fingerprint density at radius 2 is 1.46 bits per heavy atom. The number of carbonyl (C=O) groups is 1. The fourth-order valence-electron chi connectivity index (χ4n) is 7.55. The number of methoxy groups -OCH3 is 3. The van der Waals surface area contributed by atoms with Crippen molar-refractivity contribution in [2.45, 2.75) is 30.4 Å². The lowest BCUT2D eigenvalue weighted by Crippen LogP contribution is -2.58. The van der Waals surface area contributed by atoms with Gasteiger partial charge in [-0.1, -0.05) is 54.6 Å². The predicted octanol–water partition coefficient (Wildman–Crippen LogP) is 4.93. The number of amides is 1. The average molecular weight is 470 g/mol. The second kappa shape index (κ2) is 7.85. The fourth-order valence-corrected chi connectivity index (χ4v) is 7.55. The van der Waals surface area contributed by atoms with Gasteiger partial charge in [0.05, 0.1) is 37.7 Å². The molecule has 0 N–H and O–H groups in total. The van der Waals surface area contributed by atoms with E-state index in [0.717, 1.165) is 5.56 Å². The average Bonchev–Trinajstić information content (AvgIpc) is 3.18. The van der Waals surface area contributed by atoms with Crippen LogP contribution in [0.15, 0.2) is 66.7 Å². The maximum atomic E-state index is 14.3. The van der Waals surface area contributed by atoms with Crippen molar-refractivity contribution in [1.29, 1.82) is 0 Å². The van der Waals surface area contributed by atoms with Crippen molar-refractivity contribution in [2.75, 3.05) is 28.4 Å². The zero-order chi connectivity index (χ0) is 24.5. The third-order valence-electron chi connectivity index (χ3n) is 8.88. The Morgan fingerprint density at radius 1 is 0.857 bits per heavy atom. The van der Waals surface area contributed by atoms with Gasteiger partial charge in [0.25, 0.3) is 0 Å². The van der Waals surface area contributed by atoms with Crippen molar-refractivity contribution in [2.24, 2.45) is 11.8 Å². The van der Waals surface area contributed by atoms with Crippen LogP contribution in [0.1, 0.15) is 46.7 Å². The minimum atomic E-state index is -0.558. The highest BCUT2D eigenvalue weighted by atomic mass is 16.5. The van der Waals surface area contributed by atoms with E-state index in [1.54, 1.807) is 21.3 Å². The van der Waals surface area contributed by atoms with E-state index in [2.05, 4.69) is 61.5 Å². The summed E-state index contributed by atoms with van der Waals surface area (Å²) in [4.78, 5) is 16.2. The Kier molecular flexibility index (Phi) is 4.98. The topological polar surface area (TPSA) is 48.0 Å². The standard InChI is InChI=1S/C30H31NO4/c1-17(33-3)30-21-12-8-6-10-19(21)25(20-11-7-9-13-22(20)30)26-27(30)29(32)31(2)28(26)18-14-15-23(34-4)24(16-18)35-5/h6-17,25-28H,1-5H3/t17?,25?,26-,27+,28+,30?/m1/s1. The Labute approximate surface area is 206 Å². The largest absolute Gasteiger partial charge is 0.493 e. The Balaban J connectivity index is 1.65. The SMILES string of the molecule is COc1ccc([C@H]2[C@@H]3C4c5ccccc5C(C(C)OC)(c5ccccc54)[C@@H]3C(=O)N2C)cc1OC. The van der Waals surface area contributed by atoms with Gasteiger partial charge in [0, 0.05) is 26.0 Å². The van der Waals surface area contributed by atoms with Crippen molar-refractivity contribution < 1.29 is 19.0 Å². The predicted molar refractivity (Wildman–Crippen MR) is 134 cm³/mol. The molecule has 1 amide bonds. The lowest BCUT2D eigenvalue weighted by atomic mass is 9.45. The zero-order valence-electron chi connectivity index (χ0n) is 20.8. The Hall–Kier alpha value is -3.31. The van der Waals surface area contributed by atoms with Crippen molar-refractivity contribution in [3.8, 4) is 11.5 Å². The maximum absolute atomic E-state index is 14.3. The lowest BCUT2D eigenvalue weighted by Gasteiger charge is -2.57. The highest BCUT2D eigenvalue weighted by Gasteiger charge is 2.69. The molecule has 1 unspecified atom stereocenters. The van der Waals surface area contributed by atoms with Crippen molar-refractivity contribution >= 4 is 5.91 Å². The first-order valence-corrected chi connectivity index (χ1v) is 12.2. The fraction of sp³-hybridized carbons (Fsp3) is 0.367. The molecule has 0 radical (unpaired) electrons. The van der Waals surface area contributed by atoms with Crippen LogP contribution in [-0.4, -0.2) is 45.3 Å².